The maximum absolute atomic E-state index is 6.46. The average molecular weight is 304 g/mol. The third-order valence-corrected chi connectivity index (χ3v) is 4.52. The zero-order valence-corrected chi connectivity index (χ0v) is 13.4. The van der Waals surface area contributed by atoms with Gasteiger partial charge in [-0.05, 0) is 63.4 Å². The Morgan fingerprint density at radius 2 is 2.38 bits per heavy atom. The van der Waals surface area contributed by atoms with Crippen LogP contribution in [-0.4, -0.2) is 23.6 Å². The molecular weight excluding hydrogens is 282 g/mol. The van der Waals surface area contributed by atoms with Crippen LogP contribution in [0.1, 0.15) is 31.7 Å². The summed E-state index contributed by atoms with van der Waals surface area (Å²) in [5, 5.41) is 9.03. The molecule has 1 aromatic carbocycles. The molecular formula is C17H22ClN3. The Hall–Kier alpha value is -1.32. The summed E-state index contributed by atoms with van der Waals surface area (Å²) in [4.78, 5) is 4.48. The molecule has 1 fully saturated rings. The highest BCUT2D eigenvalue weighted by atomic mass is 35.5. The first-order valence-electron chi connectivity index (χ1n) is 7.69. The average Bonchev–Trinajstić information content (AvgIpc) is 2.96. The van der Waals surface area contributed by atoms with E-state index in [4.69, 9.17) is 11.6 Å². The lowest BCUT2D eigenvalue weighted by Gasteiger charge is -2.21. The van der Waals surface area contributed by atoms with E-state index in [1.54, 1.807) is 0 Å². The Morgan fingerprint density at radius 1 is 1.52 bits per heavy atom. The molecule has 0 aliphatic carbocycles. The summed E-state index contributed by atoms with van der Waals surface area (Å²) >= 11 is 6.46. The van der Waals surface area contributed by atoms with Crippen molar-refractivity contribution in [2.24, 2.45) is 0 Å². The lowest BCUT2D eigenvalue weighted by Crippen LogP contribution is -2.29. The molecule has 3 rings (SSSR count). The number of nitrogens with one attached hydrogen (secondary N) is 2. The quantitative estimate of drug-likeness (QED) is 0.891. The van der Waals surface area contributed by atoms with Crippen molar-refractivity contribution < 1.29 is 0 Å². The van der Waals surface area contributed by atoms with E-state index in [-0.39, 0.29) is 0 Å². The number of pyridine rings is 1. The summed E-state index contributed by atoms with van der Waals surface area (Å²) in [5.41, 5.74) is 3.15. The Labute approximate surface area is 131 Å². The second-order valence-corrected chi connectivity index (χ2v) is 6.43. The van der Waals surface area contributed by atoms with Crippen LogP contribution in [0.15, 0.2) is 24.4 Å². The molecule has 112 valence electrons. The van der Waals surface area contributed by atoms with E-state index in [2.05, 4.69) is 35.5 Å². The van der Waals surface area contributed by atoms with Gasteiger partial charge in [-0.3, -0.25) is 4.98 Å². The zero-order chi connectivity index (χ0) is 14.8. The minimum Gasteiger partial charge on any atom is -0.381 e. The van der Waals surface area contributed by atoms with Gasteiger partial charge in [0.25, 0.3) is 0 Å². The predicted molar refractivity (Wildman–Crippen MR) is 90.2 cm³/mol. The Morgan fingerprint density at radius 3 is 3.14 bits per heavy atom. The monoisotopic (exact) mass is 303 g/mol. The van der Waals surface area contributed by atoms with Gasteiger partial charge in [-0.2, -0.15) is 0 Å². The fourth-order valence-electron chi connectivity index (χ4n) is 3.22. The van der Waals surface area contributed by atoms with E-state index in [9.17, 15) is 0 Å². The molecule has 4 heteroatoms. The minimum absolute atomic E-state index is 0.379. The number of aromatic nitrogens is 1. The SMILES string of the molecule is Cc1cc(Cl)c(NC(C)CC2CCCN2)c2cccnc12. The number of rotatable bonds is 4. The van der Waals surface area contributed by atoms with Gasteiger partial charge in [0.05, 0.1) is 16.2 Å². The lowest BCUT2D eigenvalue weighted by molar-refractivity contribution is 0.523. The Kier molecular flexibility index (Phi) is 4.32. The van der Waals surface area contributed by atoms with Crippen LogP contribution >= 0.6 is 11.6 Å². The highest BCUT2D eigenvalue weighted by Gasteiger charge is 2.18. The van der Waals surface area contributed by atoms with Crippen LogP contribution in [0.3, 0.4) is 0 Å². The molecule has 2 aromatic rings. The van der Waals surface area contributed by atoms with E-state index in [0.717, 1.165) is 40.1 Å². The number of benzene rings is 1. The smallest absolute Gasteiger partial charge is 0.0752 e. The van der Waals surface area contributed by atoms with Gasteiger partial charge in [0.15, 0.2) is 0 Å². The second kappa shape index (κ2) is 6.20. The van der Waals surface area contributed by atoms with Gasteiger partial charge in [0, 0.05) is 23.7 Å². The van der Waals surface area contributed by atoms with E-state index in [1.807, 2.05) is 18.3 Å². The maximum Gasteiger partial charge on any atom is 0.0752 e. The van der Waals surface area contributed by atoms with Gasteiger partial charge in [-0.25, -0.2) is 0 Å². The summed E-state index contributed by atoms with van der Waals surface area (Å²) in [6.07, 6.45) is 5.51. The topological polar surface area (TPSA) is 37.0 Å². The van der Waals surface area contributed by atoms with Crippen molar-refractivity contribution in [3.8, 4) is 0 Å². The molecule has 2 heterocycles. The largest absolute Gasteiger partial charge is 0.381 e. The Balaban J connectivity index is 1.85. The standard InChI is InChI=1S/C17H22ClN3/c1-11-9-15(18)17(14-6-4-8-20-16(11)14)21-12(2)10-13-5-3-7-19-13/h4,6,8-9,12-13,19,21H,3,5,7,10H2,1-2H3. The normalized spacial score (nSPS) is 19.9. The summed E-state index contributed by atoms with van der Waals surface area (Å²) < 4.78 is 0. The molecule has 1 aliphatic heterocycles. The van der Waals surface area contributed by atoms with Crippen LogP contribution < -0.4 is 10.6 Å². The second-order valence-electron chi connectivity index (χ2n) is 6.02. The first-order chi connectivity index (χ1) is 10.1. The molecule has 2 atom stereocenters. The van der Waals surface area contributed by atoms with Crippen molar-refractivity contribution >= 4 is 28.2 Å². The number of anilines is 1. The van der Waals surface area contributed by atoms with Crippen molar-refractivity contribution in [1.82, 2.24) is 10.3 Å². The van der Waals surface area contributed by atoms with Crippen molar-refractivity contribution in [3.63, 3.8) is 0 Å². The highest BCUT2D eigenvalue weighted by Crippen LogP contribution is 2.33. The fraction of sp³-hybridized carbons (Fsp3) is 0.471. The lowest BCUT2D eigenvalue weighted by atomic mass is 10.0. The van der Waals surface area contributed by atoms with Crippen molar-refractivity contribution in [2.45, 2.75) is 45.2 Å². The van der Waals surface area contributed by atoms with E-state index in [0.29, 0.717) is 12.1 Å². The van der Waals surface area contributed by atoms with Crippen LogP contribution in [0.2, 0.25) is 5.02 Å². The summed E-state index contributed by atoms with van der Waals surface area (Å²) in [7, 11) is 0. The molecule has 0 bridgehead atoms. The third kappa shape index (κ3) is 3.14. The molecule has 3 nitrogen and oxygen atoms in total. The van der Waals surface area contributed by atoms with Crippen LogP contribution in [0.25, 0.3) is 10.9 Å². The van der Waals surface area contributed by atoms with Crippen LogP contribution in [0.5, 0.6) is 0 Å². The van der Waals surface area contributed by atoms with Crippen molar-refractivity contribution in [1.29, 1.82) is 0 Å². The molecule has 21 heavy (non-hydrogen) atoms. The Bertz CT molecular complexity index is 635. The van der Waals surface area contributed by atoms with Crippen LogP contribution in [0, 0.1) is 6.92 Å². The van der Waals surface area contributed by atoms with Crippen molar-refractivity contribution in [3.05, 3.63) is 35.0 Å². The first-order valence-corrected chi connectivity index (χ1v) is 8.06. The number of halogens is 1. The number of nitrogens with zero attached hydrogens (tertiary/aromatic N) is 1. The van der Waals surface area contributed by atoms with Gasteiger partial charge in [-0.15, -0.1) is 0 Å². The fourth-order valence-corrected chi connectivity index (χ4v) is 3.54. The highest BCUT2D eigenvalue weighted by molar-refractivity contribution is 6.35. The van der Waals surface area contributed by atoms with Gasteiger partial charge < -0.3 is 10.6 Å². The minimum atomic E-state index is 0.379. The van der Waals surface area contributed by atoms with Gasteiger partial charge in [0.1, 0.15) is 0 Å². The summed E-state index contributed by atoms with van der Waals surface area (Å²) in [6, 6.07) is 7.06. The predicted octanol–water partition coefficient (Wildman–Crippen LogP) is 4.14. The van der Waals surface area contributed by atoms with Crippen LogP contribution in [0.4, 0.5) is 5.69 Å². The maximum atomic E-state index is 6.46. The summed E-state index contributed by atoms with van der Waals surface area (Å²) in [5.74, 6) is 0. The van der Waals surface area contributed by atoms with Gasteiger partial charge >= 0.3 is 0 Å². The van der Waals surface area contributed by atoms with E-state index < -0.39 is 0 Å². The number of aryl methyl sites for hydroxylation is 1. The van der Waals surface area contributed by atoms with Crippen LogP contribution in [-0.2, 0) is 0 Å². The first kappa shape index (κ1) is 14.6. The molecule has 0 radical (unpaired) electrons. The molecule has 2 unspecified atom stereocenters. The molecule has 0 amide bonds. The van der Waals surface area contributed by atoms with Gasteiger partial charge in [-0.1, -0.05) is 11.6 Å². The van der Waals surface area contributed by atoms with E-state index in [1.165, 1.54) is 12.8 Å². The molecule has 1 saturated heterocycles. The number of hydrogen-bond acceptors (Lipinski definition) is 3. The third-order valence-electron chi connectivity index (χ3n) is 4.22. The van der Waals surface area contributed by atoms with E-state index >= 15 is 0 Å². The van der Waals surface area contributed by atoms with Gasteiger partial charge in [0.2, 0.25) is 0 Å². The zero-order valence-electron chi connectivity index (χ0n) is 12.6. The number of fused-ring (bicyclic) bond motifs is 1. The number of hydrogen-bond donors (Lipinski definition) is 2. The molecule has 1 aromatic heterocycles. The van der Waals surface area contributed by atoms with Crippen molar-refractivity contribution in [2.75, 3.05) is 11.9 Å². The summed E-state index contributed by atoms with van der Waals surface area (Å²) in [6.45, 7) is 5.42. The molecule has 0 saturated carbocycles. The molecule has 2 N–H and O–H groups in total. The molecule has 1 aliphatic rings. The molecule has 0 spiro atoms.